The number of anilines is 1. The average molecular weight is 472 g/mol. The molecule has 3 N–H and O–H groups in total. The number of rotatable bonds is 6. The van der Waals surface area contributed by atoms with Crippen molar-refractivity contribution >= 4 is 23.8 Å². The second-order valence-electron chi connectivity index (χ2n) is 8.88. The van der Waals surface area contributed by atoms with E-state index < -0.39 is 23.9 Å². The van der Waals surface area contributed by atoms with Crippen molar-refractivity contribution < 1.29 is 24.2 Å². The van der Waals surface area contributed by atoms with Crippen molar-refractivity contribution in [3.63, 3.8) is 0 Å². The van der Waals surface area contributed by atoms with Gasteiger partial charge in [0.05, 0.1) is 5.92 Å². The molecule has 0 bridgehead atoms. The number of aromatic nitrogens is 1. The van der Waals surface area contributed by atoms with Crippen molar-refractivity contribution in [3.05, 3.63) is 83.6 Å². The molecule has 1 aromatic heterocycles. The van der Waals surface area contributed by atoms with E-state index in [1.807, 2.05) is 36.4 Å². The van der Waals surface area contributed by atoms with E-state index in [1.54, 1.807) is 18.2 Å². The molecule has 0 saturated heterocycles. The Morgan fingerprint density at radius 1 is 0.914 bits per heavy atom. The summed E-state index contributed by atoms with van der Waals surface area (Å²) >= 11 is 0. The summed E-state index contributed by atoms with van der Waals surface area (Å²) in [6.07, 6.45) is 0.896. The molecule has 2 atom stereocenters. The van der Waals surface area contributed by atoms with Crippen LogP contribution in [0, 0.1) is 5.92 Å². The minimum Gasteiger partial charge on any atom is -0.481 e. The van der Waals surface area contributed by atoms with Gasteiger partial charge in [-0.15, -0.1) is 0 Å². The van der Waals surface area contributed by atoms with Crippen LogP contribution in [0.2, 0.25) is 0 Å². The maximum Gasteiger partial charge on any atom is 0.412 e. The zero-order valence-electron chi connectivity index (χ0n) is 18.9. The van der Waals surface area contributed by atoms with Crippen LogP contribution in [0.3, 0.4) is 0 Å². The molecule has 1 saturated carbocycles. The van der Waals surface area contributed by atoms with Crippen LogP contribution in [0.4, 0.5) is 10.6 Å². The summed E-state index contributed by atoms with van der Waals surface area (Å²) in [7, 11) is 0. The van der Waals surface area contributed by atoms with Gasteiger partial charge in [0.25, 0.3) is 5.91 Å². The number of fused-ring (bicyclic) bond motifs is 3. The SMILES string of the molecule is O=C(Nc1cccc(C(=O)N[C@@H]2CC[C@H](C(=O)O)C2)n1)OCC1c2ccccc2-c2ccccc21. The first kappa shape index (κ1) is 22.6. The van der Waals surface area contributed by atoms with Gasteiger partial charge in [0.2, 0.25) is 0 Å². The second-order valence-corrected chi connectivity index (χ2v) is 8.88. The Hall–Kier alpha value is -4.20. The van der Waals surface area contributed by atoms with Gasteiger partial charge in [-0.05, 0) is 53.6 Å². The van der Waals surface area contributed by atoms with Crippen molar-refractivity contribution in [3.8, 4) is 11.1 Å². The zero-order valence-corrected chi connectivity index (χ0v) is 18.9. The molecule has 2 aromatic carbocycles. The van der Waals surface area contributed by atoms with Gasteiger partial charge >= 0.3 is 12.1 Å². The fraction of sp³-hybridized carbons (Fsp3) is 0.259. The number of carbonyl (C=O) groups is 3. The number of ether oxygens (including phenoxy) is 1. The Morgan fingerprint density at radius 2 is 1.60 bits per heavy atom. The van der Waals surface area contributed by atoms with Crippen LogP contribution in [-0.2, 0) is 9.53 Å². The van der Waals surface area contributed by atoms with Gasteiger partial charge in [-0.2, -0.15) is 0 Å². The van der Waals surface area contributed by atoms with Gasteiger partial charge in [-0.3, -0.25) is 14.9 Å². The van der Waals surface area contributed by atoms with Gasteiger partial charge in [0.1, 0.15) is 18.1 Å². The lowest BCUT2D eigenvalue weighted by Gasteiger charge is -2.15. The Balaban J connectivity index is 1.19. The summed E-state index contributed by atoms with van der Waals surface area (Å²) in [5.74, 6) is -1.54. The third-order valence-corrected chi connectivity index (χ3v) is 6.67. The smallest absolute Gasteiger partial charge is 0.412 e. The highest BCUT2D eigenvalue weighted by Crippen LogP contribution is 2.44. The Bertz CT molecular complexity index is 1250. The number of nitrogens with one attached hydrogen (secondary N) is 2. The minimum atomic E-state index is -0.839. The predicted octanol–water partition coefficient (Wildman–Crippen LogP) is 4.43. The van der Waals surface area contributed by atoms with Crippen molar-refractivity contribution in [2.24, 2.45) is 5.92 Å². The third-order valence-electron chi connectivity index (χ3n) is 6.67. The number of hydrogen-bond acceptors (Lipinski definition) is 5. The molecule has 1 fully saturated rings. The van der Waals surface area contributed by atoms with Crippen LogP contribution in [0.25, 0.3) is 11.1 Å². The predicted molar refractivity (Wildman–Crippen MR) is 129 cm³/mol. The molecule has 0 radical (unpaired) electrons. The molecule has 8 heteroatoms. The molecule has 2 aliphatic carbocycles. The molecular formula is C27H25N3O5. The molecule has 178 valence electrons. The number of carboxylic acids is 1. The molecule has 0 spiro atoms. The number of benzene rings is 2. The lowest BCUT2D eigenvalue weighted by Crippen LogP contribution is -2.34. The molecule has 1 heterocycles. The standard InChI is InChI=1S/C27H25N3O5/c31-25(28-17-13-12-16(14-17)26(32)33)23-10-5-11-24(29-23)30-27(34)35-15-22-20-8-3-1-6-18(20)19-7-2-4-9-21(19)22/h1-11,16-17,22H,12-15H2,(H,28,31)(H,32,33)(H,29,30,34)/t16-,17+/m0/s1. The van der Waals surface area contributed by atoms with E-state index >= 15 is 0 Å². The first-order valence-corrected chi connectivity index (χ1v) is 11.6. The summed E-state index contributed by atoms with van der Waals surface area (Å²) in [5.41, 5.74) is 4.68. The highest BCUT2D eigenvalue weighted by Gasteiger charge is 2.31. The van der Waals surface area contributed by atoms with Crippen molar-refractivity contribution in [2.45, 2.75) is 31.2 Å². The topological polar surface area (TPSA) is 118 Å². The van der Waals surface area contributed by atoms with Crippen molar-refractivity contribution in [1.82, 2.24) is 10.3 Å². The quantitative estimate of drug-likeness (QED) is 0.490. The number of amides is 2. The maximum atomic E-state index is 12.6. The van der Waals surface area contributed by atoms with Crippen LogP contribution < -0.4 is 10.6 Å². The summed E-state index contributed by atoms with van der Waals surface area (Å²) < 4.78 is 5.54. The lowest BCUT2D eigenvalue weighted by atomic mass is 9.98. The van der Waals surface area contributed by atoms with Crippen LogP contribution in [0.5, 0.6) is 0 Å². The van der Waals surface area contributed by atoms with E-state index in [2.05, 4.69) is 27.8 Å². The first-order chi connectivity index (χ1) is 17.0. The van der Waals surface area contributed by atoms with E-state index in [1.165, 1.54) is 0 Å². The number of hydrogen-bond donors (Lipinski definition) is 3. The van der Waals surface area contributed by atoms with E-state index in [0.29, 0.717) is 19.3 Å². The highest BCUT2D eigenvalue weighted by molar-refractivity contribution is 5.93. The summed E-state index contributed by atoms with van der Waals surface area (Å²) in [5, 5.41) is 14.6. The molecule has 8 nitrogen and oxygen atoms in total. The van der Waals surface area contributed by atoms with Crippen LogP contribution in [0.1, 0.15) is 46.8 Å². The average Bonchev–Trinajstić information content (AvgIpc) is 3.46. The van der Waals surface area contributed by atoms with Gasteiger partial charge in [0.15, 0.2) is 0 Å². The lowest BCUT2D eigenvalue weighted by molar-refractivity contribution is -0.141. The van der Waals surface area contributed by atoms with E-state index in [0.717, 1.165) is 22.3 Å². The largest absolute Gasteiger partial charge is 0.481 e. The molecular weight excluding hydrogens is 446 g/mol. The number of carbonyl (C=O) groups excluding carboxylic acids is 2. The van der Waals surface area contributed by atoms with Gasteiger partial charge in [-0.1, -0.05) is 54.6 Å². The van der Waals surface area contributed by atoms with E-state index in [9.17, 15) is 14.4 Å². The fourth-order valence-corrected chi connectivity index (χ4v) is 4.97. The molecule has 2 amide bonds. The zero-order chi connectivity index (χ0) is 24.4. The molecule has 2 aliphatic rings. The highest BCUT2D eigenvalue weighted by atomic mass is 16.5. The van der Waals surface area contributed by atoms with Crippen molar-refractivity contribution in [2.75, 3.05) is 11.9 Å². The summed E-state index contributed by atoms with van der Waals surface area (Å²) in [6.45, 7) is 0.173. The maximum absolute atomic E-state index is 12.6. The second kappa shape index (κ2) is 9.58. The van der Waals surface area contributed by atoms with E-state index in [4.69, 9.17) is 9.84 Å². The Labute approximate surface area is 202 Å². The third kappa shape index (κ3) is 4.73. The van der Waals surface area contributed by atoms with Crippen LogP contribution >= 0.6 is 0 Å². The monoisotopic (exact) mass is 471 g/mol. The molecule has 35 heavy (non-hydrogen) atoms. The first-order valence-electron chi connectivity index (χ1n) is 11.6. The number of pyridine rings is 1. The normalized spacial score (nSPS) is 18.4. The molecule has 0 unspecified atom stereocenters. The fourth-order valence-electron chi connectivity index (χ4n) is 4.97. The van der Waals surface area contributed by atoms with Gasteiger partial charge in [-0.25, -0.2) is 9.78 Å². The van der Waals surface area contributed by atoms with Crippen LogP contribution in [-0.4, -0.2) is 40.7 Å². The summed E-state index contributed by atoms with van der Waals surface area (Å²) in [6, 6.07) is 20.7. The van der Waals surface area contributed by atoms with Gasteiger partial charge < -0.3 is 15.2 Å². The Kier molecular flexibility index (Phi) is 6.18. The van der Waals surface area contributed by atoms with Crippen molar-refractivity contribution in [1.29, 1.82) is 0 Å². The molecule has 5 rings (SSSR count). The Morgan fingerprint density at radius 3 is 2.26 bits per heavy atom. The molecule has 3 aromatic rings. The van der Waals surface area contributed by atoms with Gasteiger partial charge in [0, 0.05) is 12.0 Å². The number of aliphatic carboxylic acids is 1. The number of carboxylic acid groups (broad SMARTS) is 1. The van der Waals surface area contributed by atoms with E-state index in [-0.39, 0.29) is 30.1 Å². The molecule has 0 aliphatic heterocycles. The summed E-state index contributed by atoms with van der Waals surface area (Å²) in [4.78, 5) is 40.5. The van der Waals surface area contributed by atoms with Crippen LogP contribution in [0.15, 0.2) is 66.7 Å². The number of nitrogens with zero attached hydrogens (tertiary/aromatic N) is 1. The minimum absolute atomic E-state index is 0.0562.